The SMILES string of the molecule is N#CCCN(Cc1cc(C(=O)O)co1)c1ccccc1. The Balaban J connectivity index is 2.15. The summed E-state index contributed by atoms with van der Waals surface area (Å²) in [5.41, 5.74) is 1.10. The maximum atomic E-state index is 10.8. The van der Waals surface area contributed by atoms with Crippen LogP contribution in [0, 0.1) is 11.3 Å². The van der Waals surface area contributed by atoms with Crippen molar-refractivity contribution in [3.05, 3.63) is 54.0 Å². The molecule has 1 heterocycles. The molecule has 2 rings (SSSR count). The zero-order valence-corrected chi connectivity index (χ0v) is 10.8. The summed E-state index contributed by atoms with van der Waals surface area (Å²) in [6.45, 7) is 0.989. The van der Waals surface area contributed by atoms with Gasteiger partial charge in [0.15, 0.2) is 0 Å². The van der Waals surface area contributed by atoms with E-state index in [1.165, 1.54) is 12.3 Å². The second-order valence-corrected chi connectivity index (χ2v) is 4.27. The predicted molar refractivity (Wildman–Crippen MR) is 73.4 cm³/mol. The van der Waals surface area contributed by atoms with Gasteiger partial charge >= 0.3 is 5.97 Å². The molecule has 0 aliphatic heterocycles. The van der Waals surface area contributed by atoms with Gasteiger partial charge in [0.25, 0.3) is 0 Å². The van der Waals surface area contributed by atoms with Crippen molar-refractivity contribution in [2.75, 3.05) is 11.4 Å². The number of nitrogens with zero attached hydrogens (tertiary/aromatic N) is 2. The molecule has 1 N–H and O–H groups in total. The van der Waals surface area contributed by atoms with Gasteiger partial charge in [-0.05, 0) is 18.2 Å². The minimum Gasteiger partial charge on any atom is -0.478 e. The quantitative estimate of drug-likeness (QED) is 0.873. The Morgan fingerprint density at radius 1 is 1.35 bits per heavy atom. The van der Waals surface area contributed by atoms with Crippen molar-refractivity contribution in [2.45, 2.75) is 13.0 Å². The van der Waals surface area contributed by atoms with E-state index in [1.807, 2.05) is 35.2 Å². The molecule has 0 spiro atoms. The van der Waals surface area contributed by atoms with Crippen LogP contribution in [0.5, 0.6) is 0 Å². The molecule has 20 heavy (non-hydrogen) atoms. The van der Waals surface area contributed by atoms with Gasteiger partial charge in [-0.15, -0.1) is 0 Å². The number of para-hydroxylation sites is 1. The Bertz CT molecular complexity index is 614. The molecule has 0 aliphatic carbocycles. The van der Waals surface area contributed by atoms with Gasteiger partial charge in [0.05, 0.1) is 24.6 Å². The van der Waals surface area contributed by atoms with Gasteiger partial charge in [-0.1, -0.05) is 18.2 Å². The number of hydrogen-bond acceptors (Lipinski definition) is 4. The third-order valence-corrected chi connectivity index (χ3v) is 2.86. The van der Waals surface area contributed by atoms with Crippen molar-refractivity contribution in [3.63, 3.8) is 0 Å². The second kappa shape index (κ2) is 6.43. The minimum absolute atomic E-state index is 0.133. The van der Waals surface area contributed by atoms with Crippen molar-refractivity contribution < 1.29 is 14.3 Å². The first kappa shape index (κ1) is 13.7. The van der Waals surface area contributed by atoms with E-state index in [0.29, 0.717) is 25.3 Å². The number of hydrogen-bond donors (Lipinski definition) is 1. The fourth-order valence-corrected chi connectivity index (χ4v) is 1.89. The van der Waals surface area contributed by atoms with Crippen LogP contribution in [-0.2, 0) is 6.54 Å². The van der Waals surface area contributed by atoms with Crippen LogP contribution in [-0.4, -0.2) is 17.6 Å². The molecule has 0 atom stereocenters. The summed E-state index contributed by atoms with van der Waals surface area (Å²) in [5.74, 6) is -0.451. The van der Waals surface area contributed by atoms with Gasteiger partial charge in [0.1, 0.15) is 12.0 Å². The number of benzene rings is 1. The van der Waals surface area contributed by atoms with Crippen LogP contribution >= 0.6 is 0 Å². The first-order valence-electron chi connectivity index (χ1n) is 6.18. The van der Waals surface area contributed by atoms with Crippen LogP contribution in [0.3, 0.4) is 0 Å². The fraction of sp³-hybridized carbons (Fsp3) is 0.200. The van der Waals surface area contributed by atoms with E-state index >= 15 is 0 Å². The van der Waals surface area contributed by atoms with Crippen LogP contribution in [0.2, 0.25) is 0 Å². The number of furan rings is 1. The number of nitriles is 1. The van der Waals surface area contributed by atoms with Crippen molar-refractivity contribution in [1.29, 1.82) is 5.26 Å². The van der Waals surface area contributed by atoms with Crippen molar-refractivity contribution in [3.8, 4) is 6.07 Å². The third-order valence-electron chi connectivity index (χ3n) is 2.86. The molecule has 1 aromatic carbocycles. The normalized spacial score (nSPS) is 9.95. The molecule has 0 bridgehead atoms. The largest absolute Gasteiger partial charge is 0.478 e. The lowest BCUT2D eigenvalue weighted by Crippen LogP contribution is -2.23. The molecule has 0 aliphatic rings. The van der Waals surface area contributed by atoms with Crippen LogP contribution < -0.4 is 4.90 Å². The zero-order valence-electron chi connectivity index (χ0n) is 10.8. The number of carbonyl (C=O) groups is 1. The highest BCUT2D eigenvalue weighted by Gasteiger charge is 2.12. The van der Waals surface area contributed by atoms with E-state index in [1.54, 1.807) is 0 Å². The molecule has 5 heteroatoms. The predicted octanol–water partition coefficient (Wildman–Crippen LogP) is 2.90. The smallest absolute Gasteiger partial charge is 0.338 e. The maximum Gasteiger partial charge on any atom is 0.338 e. The van der Waals surface area contributed by atoms with Crippen LogP contribution in [0.25, 0.3) is 0 Å². The lowest BCUT2D eigenvalue weighted by Gasteiger charge is -2.22. The molecule has 0 radical (unpaired) electrons. The van der Waals surface area contributed by atoms with E-state index in [9.17, 15) is 4.79 Å². The number of carboxylic acid groups (broad SMARTS) is 1. The Morgan fingerprint density at radius 2 is 2.10 bits per heavy atom. The average molecular weight is 270 g/mol. The summed E-state index contributed by atoms with van der Waals surface area (Å²) < 4.78 is 5.25. The van der Waals surface area contributed by atoms with Gasteiger partial charge < -0.3 is 14.4 Å². The maximum absolute atomic E-state index is 10.8. The van der Waals surface area contributed by atoms with E-state index in [2.05, 4.69) is 6.07 Å². The molecule has 0 saturated heterocycles. The Labute approximate surface area is 116 Å². The Morgan fingerprint density at radius 3 is 2.70 bits per heavy atom. The second-order valence-electron chi connectivity index (χ2n) is 4.27. The van der Waals surface area contributed by atoms with Crippen LogP contribution in [0.15, 0.2) is 47.1 Å². The first-order valence-corrected chi connectivity index (χ1v) is 6.18. The number of carboxylic acids is 1. The topological polar surface area (TPSA) is 77.5 Å². The van der Waals surface area contributed by atoms with Gasteiger partial charge in [0, 0.05) is 12.2 Å². The first-order chi connectivity index (χ1) is 9.70. The lowest BCUT2D eigenvalue weighted by molar-refractivity contribution is 0.0696. The summed E-state index contributed by atoms with van der Waals surface area (Å²) in [4.78, 5) is 12.8. The molecule has 0 amide bonds. The summed E-state index contributed by atoms with van der Waals surface area (Å²) in [6.07, 6.45) is 1.62. The molecule has 2 aromatic rings. The standard InChI is InChI=1S/C15H14N2O3/c16-7-4-8-17(13-5-2-1-3-6-13)10-14-9-12(11-20-14)15(18)19/h1-3,5-6,9,11H,4,8,10H2,(H,18,19). The molecular weight excluding hydrogens is 256 g/mol. The molecule has 0 saturated carbocycles. The molecule has 5 nitrogen and oxygen atoms in total. The highest BCUT2D eigenvalue weighted by Crippen LogP contribution is 2.18. The van der Waals surface area contributed by atoms with Crippen LogP contribution in [0.4, 0.5) is 5.69 Å². The Hall–Kier alpha value is -2.74. The fourth-order valence-electron chi connectivity index (χ4n) is 1.89. The summed E-state index contributed by atoms with van der Waals surface area (Å²) in [6, 6.07) is 13.3. The number of rotatable bonds is 6. The van der Waals surface area contributed by atoms with Crippen molar-refractivity contribution >= 4 is 11.7 Å². The van der Waals surface area contributed by atoms with E-state index in [0.717, 1.165) is 5.69 Å². The van der Waals surface area contributed by atoms with Gasteiger partial charge in [0.2, 0.25) is 0 Å². The highest BCUT2D eigenvalue weighted by molar-refractivity contribution is 5.87. The van der Waals surface area contributed by atoms with E-state index in [-0.39, 0.29) is 5.56 Å². The monoisotopic (exact) mass is 270 g/mol. The number of aromatic carboxylic acids is 1. The van der Waals surface area contributed by atoms with E-state index in [4.69, 9.17) is 14.8 Å². The molecule has 1 aromatic heterocycles. The lowest BCUT2D eigenvalue weighted by atomic mass is 10.2. The van der Waals surface area contributed by atoms with Crippen molar-refractivity contribution in [1.82, 2.24) is 0 Å². The minimum atomic E-state index is -1.01. The summed E-state index contributed by atoms with van der Waals surface area (Å²) in [5, 5.41) is 17.6. The zero-order chi connectivity index (χ0) is 14.4. The molecule has 102 valence electrons. The summed E-state index contributed by atoms with van der Waals surface area (Å²) >= 11 is 0. The van der Waals surface area contributed by atoms with Gasteiger partial charge in [-0.25, -0.2) is 4.79 Å². The van der Waals surface area contributed by atoms with E-state index < -0.39 is 5.97 Å². The van der Waals surface area contributed by atoms with Gasteiger partial charge in [-0.2, -0.15) is 5.26 Å². The van der Waals surface area contributed by atoms with Gasteiger partial charge in [-0.3, -0.25) is 0 Å². The Kier molecular flexibility index (Phi) is 4.40. The molecule has 0 unspecified atom stereocenters. The third kappa shape index (κ3) is 3.39. The number of anilines is 1. The molecular formula is C15H14N2O3. The molecule has 0 fully saturated rings. The highest BCUT2D eigenvalue weighted by atomic mass is 16.4. The van der Waals surface area contributed by atoms with Crippen molar-refractivity contribution in [2.24, 2.45) is 0 Å². The summed E-state index contributed by atoms with van der Waals surface area (Å²) in [7, 11) is 0. The average Bonchev–Trinajstić information content (AvgIpc) is 2.93. The van der Waals surface area contributed by atoms with Crippen LogP contribution in [0.1, 0.15) is 22.5 Å².